The van der Waals surface area contributed by atoms with E-state index in [1.807, 2.05) is 6.07 Å². The van der Waals surface area contributed by atoms with E-state index in [4.69, 9.17) is 9.47 Å². The van der Waals surface area contributed by atoms with Crippen LogP contribution in [0.4, 0.5) is 0 Å². The Labute approximate surface area is 127 Å². The molecule has 0 saturated heterocycles. The van der Waals surface area contributed by atoms with Crippen molar-refractivity contribution in [3.8, 4) is 0 Å². The molecule has 0 spiro atoms. The average molecular weight is 335 g/mol. The predicted molar refractivity (Wildman–Crippen MR) is 83.5 cm³/mol. The van der Waals surface area contributed by atoms with Crippen molar-refractivity contribution in [2.24, 2.45) is 0 Å². The van der Waals surface area contributed by atoms with E-state index < -0.39 is 0 Å². The molecule has 2 aromatic rings. The summed E-state index contributed by atoms with van der Waals surface area (Å²) in [6.45, 7) is 0. The average Bonchev–Trinajstić information content (AvgIpc) is 2.50. The Morgan fingerprint density at radius 1 is 0.850 bits per heavy atom. The molecular weight excluding hydrogens is 315 g/mol. The second-order valence-corrected chi connectivity index (χ2v) is 7.25. The van der Waals surface area contributed by atoms with Crippen molar-refractivity contribution < 1.29 is 9.47 Å². The maximum absolute atomic E-state index is 5.50. The molecule has 0 aromatic heterocycles. The molecule has 0 aliphatic rings. The minimum absolute atomic E-state index is 0.157. The number of ether oxygens (including phenoxy) is 2. The van der Waals surface area contributed by atoms with E-state index in [0.717, 1.165) is 6.42 Å². The molecule has 106 valence electrons. The summed E-state index contributed by atoms with van der Waals surface area (Å²) in [5.41, 5.74) is 1.33. The van der Waals surface area contributed by atoms with Crippen LogP contribution in [0.15, 0.2) is 60.7 Å². The maximum atomic E-state index is 5.50. The summed E-state index contributed by atoms with van der Waals surface area (Å²) < 4.78 is 12.4. The number of hydrogen-bond acceptors (Lipinski definition) is 2. The van der Waals surface area contributed by atoms with E-state index in [1.54, 1.807) is 14.2 Å². The third-order valence-corrected chi connectivity index (χ3v) is 5.67. The zero-order valence-electron chi connectivity index (χ0n) is 11.9. The molecule has 0 saturated carbocycles. The van der Waals surface area contributed by atoms with Gasteiger partial charge in [-0.3, -0.25) is 0 Å². The van der Waals surface area contributed by atoms with Crippen LogP contribution in [-0.4, -0.2) is 35.5 Å². The Hall–Kier alpha value is -1.12. The van der Waals surface area contributed by atoms with E-state index in [-0.39, 0.29) is 6.29 Å². The topological polar surface area (TPSA) is 18.5 Å². The van der Waals surface area contributed by atoms with Crippen molar-refractivity contribution in [1.29, 1.82) is 0 Å². The van der Waals surface area contributed by atoms with Gasteiger partial charge in [0.05, 0.1) is 0 Å². The monoisotopic (exact) mass is 336 g/mol. The first-order chi connectivity index (χ1) is 9.83. The molecular formula is C17H20O2Se. The molecule has 1 atom stereocenters. The normalized spacial score (nSPS) is 12.6. The number of benzene rings is 2. The summed E-state index contributed by atoms with van der Waals surface area (Å²) in [5, 5.41) is 0. The molecule has 2 nitrogen and oxygen atoms in total. The molecule has 20 heavy (non-hydrogen) atoms. The van der Waals surface area contributed by atoms with Crippen LogP contribution < -0.4 is 4.46 Å². The zero-order chi connectivity index (χ0) is 14.2. The fraction of sp³-hybridized carbons (Fsp3) is 0.294. The Morgan fingerprint density at radius 2 is 1.40 bits per heavy atom. The van der Waals surface area contributed by atoms with Gasteiger partial charge in [-0.25, -0.2) is 0 Å². The first kappa shape index (κ1) is 15.3. The molecule has 2 aromatic carbocycles. The summed E-state index contributed by atoms with van der Waals surface area (Å²) in [5.74, 6) is 0. The second-order valence-electron chi connectivity index (χ2n) is 4.50. The molecule has 0 bridgehead atoms. The van der Waals surface area contributed by atoms with Gasteiger partial charge >= 0.3 is 127 Å². The molecule has 0 aliphatic carbocycles. The minimum atomic E-state index is -0.157. The first-order valence-corrected chi connectivity index (χ1v) is 8.49. The molecule has 1 unspecified atom stereocenters. The van der Waals surface area contributed by atoms with Crippen LogP contribution in [0.25, 0.3) is 0 Å². The molecule has 0 radical (unpaired) electrons. The van der Waals surface area contributed by atoms with Crippen LogP contribution >= 0.6 is 0 Å². The molecule has 0 heterocycles. The zero-order valence-corrected chi connectivity index (χ0v) is 13.6. The van der Waals surface area contributed by atoms with Crippen LogP contribution in [0.2, 0.25) is 4.82 Å². The molecule has 2 rings (SSSR count). The van der Waals surface area contributed by atoms with Gasteiger partial charge in [-0.1, -0.05) is 0 Å². The Balaban J connectivity index is 2.12. The SMILES string of the molecule is COC(OC)C(Cc1ccccc1)[Se]c1ccccc1. The van der Waals surface area contributed by atoms with Gasteiger partial charge < -0.3 is 0 Å². The first-order valence-electron chi connectivity index (χ1n) is 6.64. The van der Waals surface area contributed by atoms with Crippen LogP contribution in [-0.2, 0) is 15.9 Å². The van der Waals surface area contributed by atoms with Gasteiger partial charge in [-0.05, 0) is 0 Å². The standard InChI is InChI=1S/C17H20O2Se/c1-18-17(19-2)16(13-14-9-5-3-6-10-14)20-15-11-7-4-8-12-15/h3-12,16-17H,13H2,1-2H3. The molecule has 0 fully saturated rings. The van der Waals surface area contributed by atoms with E-state index in [0.29, 0.717) is 19.8 Å². The number of hydrogen-bond donors (Lipinski definition) is 0. The van der Waals surface area contributed by atoms with E-state index in [1.165, 1.54) is 10.0 Å². The Bertz CT molecular complexity index is 441. The predicted octanol–water partition coefficient (Wildman–Crippen LogP) is 2.67. The molecule has 0 N–H and O–H groups in total. The van der Waals surface area contributed by atoms with Crippen molar-refractivity contribution in [3.63, 3.8) is 0 Å². The van der Waals surface area contributed by atoms with E-state index >= 15 is 0 Å². The fourth-order valence-electron chi connectivity index (χ4n) is 2.11. The molecule has 3 heteroatoms. The van der Waals surface area contributed by atoms with Gasteiger partial charge in [-0.2, -0.15) is 0 Å². The van der Waals surface area contributed by atoms with Crippen molar-refractivity contribution in [3.05, 3.63) is 66.2 Å². The summed E-state index contributed by atoms with van der Waals surface area (Å²) in [6, 6.07) is 21.1. The van der Waals surface area contributed by atoms with Gasteiger partial charge in [0.15, 0.2) is 0 Å². The van der Waals surface area contributed by atoms with E-state index in [9.17, 15) is 0 Å². The van der Waals surface area contributed by atoms with Gasteiger partial charge in [0.2, 0.25) is 0 Å². The van der Waals surface area contributed by atoms with Crippen molar-refractivity contribution >= 4 is 19.4 Å². The quantitative estimate of drug-likeness (QED) is 0.572. The number of rotatable bonds is 7. The van der Waals surface area contributed by atoms with Gasteiger partial charge in [-0.15, -0.1) is 0 Å². The van der Waals surface area contributed by atoms with Crippen molar-refractivity contribution in [1.82, 2.24) is 0 Å². The van der Waals surface area contributed by atoms with Crippen LogP contribution in [0, 0.1) is 0 Å². The van der Waals surface area contributed by atoms with Gasteiger partial charge in [0.1, 0.15) is 0 Å². The second kappa shape index (κ2) is 8.23. The fourth-order valence-corrected chi connectivity index (χ4v) is 4.78. The third-order valence-electron chi connectivity index (χ3n) is 3.08. The van der Waals surface area contributed by atoms with Crippen LogP contribution in [0.1, 0.15) is 5.56 Å². The molecule has 0 amide bonds. The van der Waals surface area contributed by atoms with Gasteiger partial charge in [0.25, 0.3) is 0 Å². The summed E-state index contributed by atoms with van der Waals surface area (Å²) in [6.07, 6.45) is 0.817. The van der Waals surface area contributed by atoms with Gasteiger partial charge in [0, 0.05) is 0 Å². The summed E-state index contributed by atoms with van der Waals surface area (Å²) in [4.78, 5) is 0.363. The van der Waals surface area contributed by atoms with Crippen LogP contribution in [0.5, 0.6) is 0 Å². The summed E-state index contributed by atoms with van der Waals surface area (Å²) in [7, 11) is 3.43. The third kappa shape index (κ3) is 4.46. The summed E-state index contributed by atoms with van der Waals surface area (Å²) >= 11 is 0.313. The van der Waals surface area contributed by atoms with E-state index in [2.05, 4.69) is 54.6 Å². The Kier molecular flexibility index (Phi) is 6.28. The van der Waals surface area contributed by atoms with Crippen molar-refractivity contribution in [2.75, 3.05) is 14.2 Å². The molecule has 0 aliphatic heterocycles. The number of methoxy groups -OCH3 is 2. The van der Waals surface area contributed by atoms with Crippen LogP contribution in [0.3, 0.4) is 0 Å². The Morgan fingerprint density at radius 3 is 1.95 bits per heavy atom. The van der Waals surface area contributed by atoms with Crippen molar-refractivity contribution in [2.45, 2.75) is 17.5 Å².